The smallest absolute Gasteiger partial charge is 0.0613 e. The monoisotopic (exact) mass is 215 g/mol. The second-order valence-electron chi connectivity index (χ2n) is 4.71. The molecule has 0 saturated heterocycles. The third kappa shape index (κ3) is 3.74. The van der Waals surface area contributed by atoms with Crippen LogP contribution in [0.3, 0.4) is 0 Å². The Morgan fingerprint density at radius 1 is 1.40 bits per heavy atom. The van der Waals surface area contributed by atoms with E-state index in [1.54, 1.807) is 7.11 Å². The lowest BCUT2D eigenvalue weighted by molar-refractivity contribution is 0.0909. The van der Waals surface area contributed by atoms with Gasteiger partial charge in [0, 0.05) is 19.2 Å². The first-order chi connectivity index (χ1) is 7.26. The average molecular weight is 215 g/mol. The van der Waals surface area contributed by atoms with E-state index >= 15 is 0 Å². The zero-order valence-corrected chi connectivity index (χ0v) is 10.1. The molecule has 15 heavy (non-hydrogen) atoms. The summed E-state index contributed by atoms with van der Waals surface area (Å²) >= 11 is 0. The van der Waals surface area contributed by atoms with Crippen LogP contribution in [0.15, 0.2) is 0 Å². The number of hydrogen-bond donors (Lipinski definition) is 2. The molecule has 0 aromatic heterocycles. The third-order valence-electron chi connectivity index (χ3n) is 3.75. The van der Waals surface area contributed by atoms with Crippen molar-refractivity contribution in [1.29, 1.82) is 0 Å². The van der Waals surface area contributed by atoms with Gasteiger partial charge in [0.1, 0.15) is 0 Å². The standard InChI is InChI=1S/C12H25NO2/c1-3-11-4-6-12(10-14,7-5-11)13-8-9-15-2/h11,13-14H,3-10H2,1-2H3. The van der Waals surface area contributed by atoms with Gasteiger partial charge in [0.05, 0.1) is 13.2 Å². The Morgan fingerprint density at radius 3 is 2.53 bits per heavy atom. The minimum Gasteiger partial charge on any atom is -0.394 e. The molecule has 1 fully saturated rings. The van der Waals surface area contributed by atoms with E-state index in [1.165, 1.54) is 19.3 Å². The van der Waals surface area contributed by atoms with Gasteiger partial charge < -0.3 is 15.2 Å². The van der Waals surface area contributed by atoms with Crippen molar-refractivity contribution in [3.8, 4) is 0 Å². The van der Waals surface area contributed by atoms with Crippen molar-refractivity contribution in [2.45, 2.75) is 44.6 Å². The van der Waals surface area contributed by atoms with Gasteiger partial charge in [0.2, 0.25) is 0 Å². The molecule has 0 aromatic rings. The van der Waals surface area contributed by atoms with Crippen molar-refractivity contribution in [3.05, 3.63) is 0 Å². The molecule has 90 valence electrons. The van der Waals surface area contributed by atoms with E-state index in [0.29, 0.717) is 0 Å². The quantitative estimate of drug-likeness (QED) is 0.661. The van der Waals surface area contributed by atoms with Crippen molar-refractivity contribution in [2.75, 3.05) is 26.9 Å². The highest BCUT2D eigenvalue weighted by Crippen LogP contribution is 2.33. The van der Waals surface area contributed by atoms with Crippen LogP contribution >= 0.6 is 0 Å². The molecule has 0 unspecified atom stereocenters. The Kier molecular flexibility index (Phi) is 5.58. The lowest BCUT2D eigenvalue weighted by atomic mass is 9.76. The molecule has 0 atom stereocenters. The summed E-state index contributed by atoms with van der Waals surface area (Å²) in [6.07, 6.45) is 5.98. The highest BCUT2D eigenvalue weighted by Gasteiger charge is 2.33. The molecule has 0 heterocycles. The summed E-state index contributed by atoms with van der Waals surface area (Å²) in [7, 11) is 1.71. The van der Waals surface area contributed by atoms with Crippen molar-refractivity contribution >= 4 is 0 Å². The highest BCUT2D eigenvalue weighted by molar-refractivity contribution is 4.92. The van der Waals surface area contributed by atoms with Gasteiger partial charge in [0.15, 0.2) is 0 Å². The number of ether oxygens (including phenoxy) is 1. The fraction of sp³-hybridized carbons (Fsp3) is 1.00. The summed E-state index contributed by atoms with van der Waals surface area (Å²) in [5, 5.41) is 13.0. The molecule has 0 aromatic carbocycles. The molecular weight excluding hydrogens is 190 g/mol. The Hall–Kier alpha value is -0.120. The summed E-state index contributed by atoms with van der Waals surface area (Å²) in [5.41, 5.74) is -0.0236. The zero-order chi connectivity index (χ0) is 11.1. The fourth-order valence-electron chi connectivity index (χ4n) is 2.45. The Balaban J connectivity index is 2.34. The average Bonchev–Trinajstić information content (AvgIpc) is 2.30. The molecule has 1 saturated carbocycles. The van der Waals surface area contributed by atoms with Crippen molar-refractivity contribution < 1.29 is 9.84 Å². The Labute approximate surface area is 93.2 Å². The van der Waals surface area contributed by atoms with Crippen LogP contribution in [-0.2, 0) is 4.74 Å². The molecular formula is C12H25NO2. The molecule has 0 amide bonds. The van der Waals surface area contributed by atoms with Crippen LogP contribution in [0.2, 0.25) is 0 Å². The molecule has 0 aliphatic heterocycles. The molecule has 3 nitrogen and oxygen atoms in total. The maximum atomic E-state index is 9.50. The van der Waals surface area contributed by atoms with E-state index in [1.807, 2.05) is 0 Å². The lowest BCUT2D eigenvalue weighted by Crippen LogP contribution is -2.51. The van der Waals surface area contributed by atoms with E-state index in [0.717, 1.165) is 31.9 Å². The Bertz CT molecular complexity index is 159. The topological polar surface area (TPSA) is 41.5 Å². The largest absolute Gasteiger partial charge is 0.394 e. The van der Waals surface area contributed by atoms with Crippen LogP contribution in [-0.4, -0.2) is 37.5 Å². The number of rotatable bonds is 6. The van der Waals surface area contributed by atoms with E-state index in [2.05, 4.69) is 12.2 Å². The van der Waals surface area contributed by atoms with Crippen molar-refractivity contribution in [2.24, 2.45) is 5.92 Å². The van der Waals surface area contributed by atoms with Gasteiger partial charge >= 0.3 is 0 Å². The van der Waals surface area contributed by atoms with Crippen LogP contribution in [0, 0.1) is 5.92 Å². The van der Waals surface area contributed by atoms with E-state index in [4.69, 9.17) is 4.74 Å². The predicted molar refractivity (Wildman–Crippen MR) is 61.9 cm³/mol. The molecule has 1 aliphatic rings. The maximum absolute atomic E-state index is 9.50. The molecule has 0 spiro atoms. The van der Waals surface area contributed by atoms with Gasteiger partial charge in [0.25, 0.3) is 0 Å². The molecule has 3 heteroatoms. The van der Waals surface area contributed by atoms with Crippen LogP contribution < -0.4 is 5.32 Å². The molecule has 0 radical (unpaired) electrons. The summed E-state index contributed by atoms with van der Waals surface area (Å²) in [6, 6.07) is 0. The normalized spacial score (nSPS) is 31.8. The Morgan fingerprint density at radius 2 is 2.07 bits per heavy atom. The summed E-state index contributed by atoms with van der Waals surface area (Å²) in [4.78, 5) is 0. The number of hydrogen-bond acceptors (Lipinski definition) is 3. The maximum Gasteiger partial charge on any atom is 0.0613 e. The second-order valence-corrected chi connectivity index (χ2v) is 4.71. The van der Waals surface area contributed by atoms with Gasteiger partial charge in [-0.3, -0.25) is 0 Å². The van der Waals surface area contributed by atoms with Crippen LogP contribution in [0.5, 0.6) is 0 Å². The summed E-state index contributed by atoms with van der Waals surface area (Å²) < 4.78 is 5.02. The lowest BCUT2D eigenvalue weighted by Gasteiger charge is -2.39. The SMILES string of the molecule is CCC1CCC(CO)(NCCOC)CC1. The molecule has 2 N–H and O–H groups in total. The number of methoxy groups -OCH3 is 1. The van der Waals surface area contributed by atoms with Crippen LogP contribution in [0.1, 0.15) is 39.0 Å². The van der Waals surface area contributed by atoms with E-state index in [9.17, 15) is 5.11 Å². The van der Waals surface area contributed by atoms with Crippen molar-refractivity contribution in [3.63, 3.8) is 0 Å². The molecule has 1 rings (SSSR count). The van der Waals surface area contributed by atoms with Gasteiger partial charge in [-0.25, -0.2) is 0 Å². The first kappa shape index (κ1) is 12.9. The van der Waals surface area contributed by atoms with E-state index < -0.39 is 0 Å². The van der Waals surface area contributed by atoms with Gasteiger partial charge in [-0.05, 0) is 31.6 Å². The van der Waals surface area contributed by atoms with Gasteiger partial charge in [-0.1, -0.05) is 13.3 Å². The third-order valence-corrected chi connectivity index (χ3v) is 3.75. The van der Waals surface area contributed by atoms with E-state index in [-0.39, 0.29) is 12.1 Å². The highest BCUT2D eigenvalue weighted by atomic mass is 16.5. The number of nitrogens with one attached hydrogen (secondary N) is 1. The minimum atomic E-state index is -0.0236. The first-order valence-electron chi connectivity index (χ1n) is 6.11. The van der Waals surface area contributed by atoms with Crippen LogP contribution in [0.4, 0.5) is 0 Å². The molecule has 1 aliphatic carbocycles. The fourth-order valence-corrected chi connectivity index (χ4v) is 2.45. The predicted octanol–water partition coefficient (Wildman–Crippen LogP) is 1.55. The van der Waals surface area contributed by atoms with Gasteiger partial charge in [-0.15, -0.1) is 0 Å². The minimum absolute atomic E-state index is 0.0236. The number of aliphatic hydroxyl groups is 1. The summed E-state index contributed by atoms with van der Waals surface area (Å²) in [6.45, 7) is 4.08. The van der Waals surface area contributed by atoms with Crippen LogP contribution in [0.25, 0.3) is 0 Å². The number of aliphatic hydroxyl groups excluding tert-OH is 1. The summed E-state index contributed by atoms with van der Waals surface area (Å²) in [5.74, 6) is 0.869. The van der Waals surface area contributed by atoms with Crippen molar-refractivity contribution in [1.82, 2.24) is 5.32 Å². The van der Waals surface area contributed by atoms with Gasteiger partial charge in [-0.2, -0.15) is 0 Å². The molecule has 0 bridgehead atoms. The zero-order valence-electron chi connectivity index (χ0n) is 10.1. The first-order valence-corrected chi connectivity index (χ1v) is 6.11. The second kappa shape index (κ2) is 6.46.